The minimum atomic E-state index is -1.05. The van der Waals surface area contributed by atoms with Crippen LogP contribution in [0.25, 0.3) is 0 Å². The molecule has 26 heavy (non-hydrogen) atoms. The smallest absolute Gasteiger partial charge is 0.306 e. The number of carboxylic acids is 1. The number of alkyl halides is 1. The van der Waals surface area contributed by atoms with Crippen molar-refractivity contribution in [1.29, 1.82) is 0 Å². The first kappa shape index (κ1) is 20.7. The first-order valence-electron chi connectivity index (χ1n) is 9.09. The fourth-order valence-corrected chi connectivity index (χ4v) is 4.08. The van der Waals surface area contributed by atoms with E-state index in [2.05, 4.69) is 5.23 Å². The van der Waals surface area contributed by atoms with E-state index in [9.17, 15) is 18.8 Å². The zero-order valence-electron chi connectivity index (χ0n) is 15.4. The largest absolute Gasteiger partial charge is 0.481 e. The minimum Gasteiger partial charge on any atom is -0.481 e. The van der Waals surface area contributed by atoms with Crippen LogP contribution in [0.1, 0.15) is 32.1 Å². The van der Waals surface area contributed by atoms with E-state index in [1.807, 2.05) is 0 Å². The normalized spacial score (nSPS) is 28.4. The lowest BCUT2D eigenvalue weighted by Gasteiger charge is -2.38. The summed E-state index contributed by atoms with van der Waals surface area (Å²) in [5.41, 5.74) is 0. The second-order valence-electron chi connectivity index (χ2n) is 7.52. The van der Waals surface area contributed by atoms with Gasteiger partial charge >= 0.3 is 5.97 Å². The van der Waals surface area contributed by atoms with Crippen LogP contribution in [0.5, 0.6) is 0 Å². The number of hydrogen-bond acceptors (Lipinski definition) is 4. The lowest BCUT2D eigenvalue weighted by Crippen LogP contribution is -2.55. The molecule has 2 fully saturated rings. The molecule has 1 aliphatic carbocycles. The maximum atomic E-state index is 13.5. The monoisotopic (exact) mass is 367 g/mol. The molecule has 3 atom stereocenters. The van der Waals surface area contributed by atoms with Gasteiger partial charge in [-0.05, 0) is 38.0 Å². The van der Waals surface area contributed by atoms with Crippen LogP contribution >= 0.6 is 0 Å². The molecule has 0 spiro atoms. The molecule has 0 aromatic carbocycles. The van der Waals surface area contributed by atoms with Crippen LogP contribution in [-0.4, -0.2) is 80.1 Å². The third kappa shape index (κ3) is 4.55. The summed E-state index contributed by atoms with van der Waals surface area (Å²) < 4.78 is 13.5. The van der Waals surface area contributed by atoms with E-state index >= 15 is 0 Å². The molecule has 7 nitrogen and oxygen atoms in total. The van der Waals surface area contributed by atoms with Gasteiger partial charge in [0.2, 0.25) is 11.8 Å². The average Bonchev–Trinajstić information content (AvgIpc) is 3.05. The van der Waals surface area contributed by atoms with Crippen molar-refractivity contribution in [3.05, 3.63) is 0 Å². The number of nitrogens with one attached hydrogen (secondary N) is 1. The predicted octanol–water partition coefficient (Wildman–Crippen LogP) is 0.194. The number of amides is 2. The molecular weight excluding hydrogens is 340 g/mol. The summed E-state index contributed by atoms with van der Waals surface area (Å²) in [6.07, 6.45) is 1.26. The van der Waals surface area contributed by atoms with Crippen molar-refractivity contribution < 1.29 is 23.9 Å². The molecule has 1 aliphatic heterocycles. The van der Waals surface area contributed by atoms with E-state index in [1.165, 1.54) is 9.80 Å². The van der Waals surface area contributed by atoms with Gasteiger partial charge in [-0.25, -0.2) is 4.39 Å². The Hall–Kier alpha value is -1.64. The van der Waals surface area contributed by atoms with Crippen LogP contribution < -0.4 is 5.23 Å². The molecule has 1 unspecified atom stereocenters. The SMILES string of the molecule is [B]NC(C(=O)N1CC[C@H](F)C1)[C@@H](C(=O)N(C)C)C1CCC(C(=O)O)CC1. The molecule has 2 aliphatic rings. The van der Waals surface area contributed by atoms with Gasteiger partial charge in [0.05, 0.1) is 24.4 Å². The first-order chi connectivity index (χ1) is 12.3. The number of nitrogens with zero attached hydrogens (tertiary/aromatic N) is 2. The summed E-state index contributed by atoms with van der Waals surface area (Å²) >= 11 is 0. The predicted molar refractivity (Wildman–Crippen MR) is 94.0 cm³/mol. The van der Waals surface area contributed by atoms with Crippen LogP contribution in [0.2, 0.25) is 0 Å². The molecule has 9 heteroatoms. The van der Waals surface area contributed by atoms with Gasteiger partial charge in [-0.2, -0.15) is 0 Å². The van der Waals surface area contributed by atoms with Crippen LogP contribution in [-0.2, 0) is 14.4 Å². The van der Waals surface area contributed by atoms with E-state index in [0.717, 1.165) is 0 Å². The van der Waals surface area contributed by atoms with Crippen molar-refractivity contribution in [2.75, 3.05) is 27.2 Å². The Morgan fingerprint density at radius 2 is 1.81 bits per heavy atom. The van der Waals surface area contributed by atoms with Gasteiger partial charge in [-0.3, -0.25) is 14.4 Å². The lowest BCUT2D eigenvalue weighted by molar-refractivity contribution is -0.146. The van der Waals surface area contributed by atoms with Crippen LogP contribution in [0, 0.1) is 17.8 Å². The average molecular weight is 367 g/mol. The van der Waals surface area contributed by atoms with E-state index in [0.29, 0.717) is 38.6 Å². The molecule has 0 aromatic rings. The zero-order chi connectivity index (χ0) is 19.4. The highest BCUT2D eigenvalue weighted by atomic mass is 19.1. The fourth-order valence-electron chi connectivity index (χ4n) is 4.08. The number of aliphatic carboxylic acids is 1. The first-order valence-corrected chi connectivity index (χ1v) is 9.09. The lowest BCUT2D eigenvalue weighted by atomic mass is 9.72. The summed E-state index contributed by atoms with van der Waals surface area (Å²) in [6, 6.07) is -0.943. The second kappa shape index (κ2) is 8.84. The van der Waals surface area contributed by atoms with Crippen LogP contribution in [0.3, 0.4) is 0 Å². The molecule has 2 rings (SSSR count). The van der Waals surface area contributed by atoms with Crippen molar-refractivity contribution in [2.45, 2.75) is 44.3 Å². The van der Waals surface area contributed by atoms with Gasteiger partial charge in [0.25, 0.3) is 0 Å². The number of hydrogen-bond donors (Lipinski definition) is 2. The van der Waals surface area contributed by atoms with Crippen molar-refractivity contribution >= 4 is 25.8 Å². The molecule has 2 amide bonds. The van der Waals surface area contributed by atoms with Crippen molar-refractivity contribution in [3.63, 3.8) is 0 Å². The van der Waals surface area contributed by atoms with Gasteiger partial charge < -0.3 is 20.1 Å². The number of carbonyl (C=O) groups excluding carboxylic acids is 2. The summed E-state index contributed by atoms with van der Waals surface area (Å²) in [5.74, 6) is -2.67. The Labute approximate surface area is 154 Å². The molecule has 1 saturated heterocycles. The number of rotatable bonds is 6. The Bertz CT molecular complexity index is 540. The van der Waals surface area contributed by atoms with Gasteiger partial charge in [-0.1, -0.05) is 0 Å². The van der Waals surface area contributed by atoms with Crippen LogP contribution in [0.15, 0.2) is 0 Å². The zero-order valence-corrected chi connectivity index (χ0v) is 15.4. The molecule has 0 aromatic heterocycles. The van der Waals surface area contributed by atoms with Gasteiger partial charge in [-0.15, -0.1) is 0 Å². The summed E-state index contributed by atoms with van der Waals surface area (Å²) in [7, 11) is 8.87. The third-order valence-corrected chi connectivity index (χ3v) is 5.60. The highest BCUT2D eigenvalue weighted by molar-refractivity contribution is 6.07. The number of likely N-dealkylation sites (tertiary alicyclic amines) is 1. The Balaban J connectivity index is 2.18. The fraction of sp³-hybridized carbons (Fsp3) is 0.824. The Kier molecular flexibility index (Phi) is 7.03. The topological polar surface area (TPSA) is 90.0 Å². The van der Waals surface area contributed by atoms with Gasteiger partial charge in [0.1, 0.15) is 6.17 Å². The summed E-state index contributed by atoms with van der Waals surface area (Å²) in [5, 5.41) is 11.7. The van der Waals surface area contributed by atoms with Gasteiger partial charge in [0.15, 0.2) is 7.98 Å². The number of carboxylic acid groups (broad SMARTS) is 1. The van der Waals surface area contributed by atoms with Crippen molar-refractivity contribution in [3.8, 4) is 0 Å². The molecule has 1 saturated carbocycles. The minimum absolute atomic E-state index is 0.0195. The molecule has 2 radical (unpaired) electrons. The summed E-state index contributed by atoms with van der Waals surface area (Å²) in [6.45, 7) is 0.332. The Morgan fingerprint density at radius 1 is 1.19 bits per heavy atom. The van der Waals surface area contributed by atoms with Crippen molar-refractivity contribution in [2.24, 2.45) is 17.8 Å². The third-order valence-electron chi connectivity index (χ3n) is 5.60. The van der Waals surface area contributed by atoms with E-state index in [-0.39, 0.29) is 24.3 Å². The quantitative estimate of drug-likeness (QED) is 0.655. The van der Waals surface area contributed by atoms with E-state index in [4.69, 9.17) is 13.1 Å². The Morgan fingerprint density at radius 3 is 2.23 bits per heavy atom. The van der Waals surface area contributed by atoms with Crippen LogP contribution in [0.4, 0.5) is 4.39 Å². The second-order valence-corrected chi connectivity index (χ2v) is 7.52. The molecule has 1 heterocycles. The number of carbonyl (C=O) groups is 3. The maximum Gasteiger partial charge on any atom is 0.306 e. The maximum absolute atomic E-state index is 13.5. The highest BCUT2D eigenvalue weighted by Crippen LogP contribution is 2.36. The molecular formula is C17H27BFN3O4. The highest BCUT2D eigenvalue weighted by Gasteiger charge is 2.43. The van der Waals surface area contributed by atoms with Crippen molar-refractivity contribution in [1.82, 2.24) is 15.0 Å². The van der Waals surface area contributed by atoms with E-state index in [1.54, 1.807) is 14.1 Å². The van der Waals surface area contributed by atoms with Gasteiger partial charge in [0, 0.05) is 20.6 Å². The summed E-state index contributed by atoms with van der Waals surface area (Å²) in [4.78, 5) is 39.7. The number of halogens is 1. The molecule has 2 N–H and O–H groups in total. The molecule has 0 bridgehead atoms. The van der Waals surface area contributed by atoms with E-state index < -0.39 is 30.0 Å². The molecule has 144 valence electrons. The standard InChI is InChI=1S/C17H27BFN3O4/c1-21(2)15(23)13(10-3-5-11(6-4-10)17(25)26)14(20-18)16(24)22-8-7-12(19)9-22/h10-14,20H,3-9H2,1-2H3,(H,25,26)/t10?,11?,12-,13-,14?/m0/s1.